The number of carbonyl (C=O) groups excluding carboxylic acids is 1. The number of nitrogens with zero attached hydrogens (tertiary/aromatic N) is 1. The molecule has 0 spiro atoms. The van der Waals surface area contributed by atoms with Crippen molar-refractivity contribution in [1.29, 1.82) is 0 Å². The van der Waals surface area contributed by atoms with Crippen LogP contribution in [0.15, 0.2) is 52.4 Å². The highest BCUT2D eigenvalue weighted by atomic mass is 32.2. The van der Waals surface area contributed by atoms with Gasteiger partial charge >= 0.3 is 0 Å². The zero-order valence-corrected chi connectivity index (χ0v) is 12.5. The van der Waals surface area contributed by atoms with E-state index >= 15 is 0 Å². The molecule has 1 aliphatic rings. The standard InChI is InChI=1S/C15H14N2OS2/c18-14(17-15-16-7-8-19-15)10-20-13-6-5-11-3-1-2-4-12(11)9-13/h1-6,9H,7-8,10H2,(H,16,17,18). The molecule has 1 aliphatic heterocycles. The normalized spacial score (nSPS) is 14.3. The smallest absolute Gasteiger partial charge is 0.236 e. The number of amides is 1. The predicted octanol–water partition coefficient (Wildman–Crippen LogP) is 3.15. The lowest BCUT2D eigenvalue weighted by Gasteiger charge is -2.05. The van der Waals surface area contributed by atoms with Crippen LogP contribution in [0.4, 0.5) is 0 Å². The maximum Gasteiger partial charge on any atom is 0.236 e. The van der Waals surface area contributed by atoms with Crippen molar-refractivity contribution in [2.45, 2.75) is 4.90 Å². The number of hydrogen-bond donors (Lipinski definition) is 1. The predicted molar refractivity (Wildman–Crippen MR) is 87.6 cm³/mol. The Hall–Kier alpha value is -1.46. The van der Waals surface area contributed by atoms with E-state index in [0.717, 1.165) is 22.4 Å². The summed E-state index contributed by atoms with van der Waals surface area (Å²) in [5.41, 5.74) is 0. The van der Waals surface area contributed by atoms with Gasteiger partial charge in [0.1, 0.15) is 0 Å². The fraction of sp³-hybridized carbons (Fsp3) is 0.200. The Morgan fingerprint density at radius 1 is 1.25 bits per heavy atom. The molecular weight excluding hydrogens is 288 g/mol. The highest BCUT2D eigenvalue weighted by Crippen LogP contribution is 2.23. The van der Waals surface area contributed by atoms with Gasteiger partial charge in [-0.15, -0.1) is 11.8 Å². The number of carbonyl (C=O) groups is 1. The molecule has 102 valence electrons. The van der Waals surface area contributed by atoms with Gasteiger partial charge in [-0.25, -0.2) is 0 Å². The van der Waals surface area contributed by atoms with E-state index in [1.807, 2.05) is 12.1 Å². The highest BCUT2D eigenvalue weighted by Gasteiger charge is 2.11. The van der Waals surface area contributed by atoms with Gasteiger partial charge in [-0.05, 0) is 22.9 Å². The van der Waals surface area contributed by atoms with Crippen molar-refractivity contribution in [3.8, 4) is 0 Å². The first kappa shape index (κ1) is 13.5. The van der Waals surface area contributed by atoms with E-state index < -0.39 is 0 Å². The van der Waals surface area contributed by atoms with Gasteiger partial charge in [-0.3, -0.25) is 9.79 Å². The van der Waals surface area contributed by atoms with Crippen LogP contribution in [-0.2, 0) is 4.79 Å². The van der Waals surface area contributed by atoms with E-state index in [4.69, 9.17) is 0 Å². The van der Waals surface area contributed by atoms with Crippen LogP contribution >= 0.6 is 23.5 Å². The highest BCUT2D eigenvalue weighted by molar-refractivity contribution is 8.14. The zero-order chi connectivity index (χ0) is 13.8. The lowest BCUT2D eigenvalue weighted by molar-refractivity contribution is -0.117. The fourth-order valence-corrected chi connectivity index (χ4v) is 3.46. The van der Waals surface area contributed by atoms with E-state index in [9.17, 15) is 4.79 Å². The van der Waals surface area contributed by atoms with Crippen LogP contribution in [0.25, 0.3) is 10.8 Å². The summed E-state index contributed by atoms with van der Waals surface area (Å²) in [4.78, 5) is 17.1. The van der Waals surface area contributed by atoms with Crippen LogP contribution < -0.4 is 5.32 Å². The van der Waals surface area contributed by atoms with Gasteiger partial charge in [-0.1, -0.05) is 42.1 Å². The topological polar surface area (TPSA) is 41.5 Å². The summed E-state index contributed by atoms with van der Waals surface area (Å²) in [5.74, 6) is 1.39. The van der Waals surface area contributed by atoms with Crippen LogP contribution in [0, 0.1) is 0 Å². The quantitative estimate of drug-likeness (QED) is 0.886. The number of benzene rings is 2. The van der Waals surface area contributed by atoms with Crippen molar-refractivity contribution in [2.75, 3.05) is 18.1 Å². The van der Waals surface area contributed by atoms with Crippen LogP contribution in [0.3, 0.4) is 0 Å². The van der Waals surface area contributed by atoms with Crippen molar-refractivity contribution >= 4 is 45.4 Å². The fourth-order valence-electron chi connectivity index (χ4n) is 1.97. The second-order valence-corrected chi connectivity index (χ2v) is 6.51. The van der Waals surface area contributed by atoms with E-state index in [-0.39, 0.29) is 5.91 Å². The summed E-state index contributed by atoms with van der Waals surface area (Å²) in [6.07, 6.45) is 0. The number of amidine groups is 1. The monoisotopic (exact) mass is 302 g/mol. The molecule has 0 fully saturated rings. The number of hydrogen-bond acceptors (Lipinski definition) is 4. The molecule has 5 heteroatoms. The number of aliphatic imine (C=N–C) groups is 1. The lowest BCUT2D eigenvalue weighted by Crippen LogP contribution is -2.28. The Kier molecular flexibility index (Phi) is 4.28. The first-order chi connectivity index (χ1) is 9.81. The van der Waals surface area contributed by atoms with Crippen molar-refractivity contribution in [2.24, 2.45) is 4.99 Å². The van der Waals surface area contributed by atoms with Gasteiger partial charge in [0, 0.05) is 10.6 Å². The molecule has 2 aromatic rings. The van der Waals surface area contributed by atoms with Crippen LogP contribution in [0.5, 0.6) is 0 Å². The lowest BCUT2D eigenvalue weighted by atomic mass is 10.1. The minimum Gasteiger partial charge on any atom is -0.305 e. The summed E-state index contributed by atoms with van der Waals surface area (Å²) in [7, 11) is 0. The molecule has 0 saturated carbocycles. The average molecular weight is 302 g/mol. The molecule has 1 heterocycles. The van der Waals surface area contributed by atoms with Gasteiger partial charge in [0.05, 0.1) is 12.3 Å². The Bertz CT molecular complexity index is 670. The third-order valence-electron chi connectivity index (χ3n) is 2.92. The third kappa shape index (κ3) is 3.35. The Labute approximate surface area is 126 Å². The molecule has 2 aromatic carbocycles. The summed E-state index contributed by atoms with van der Waals surface area (Å²) in [6.45, 7) is 0.804. The Morgan fingerprint density at radius 2 is 2.10 bits per heavy atom. The average Bonchev–Trinajstić information content (AvgIpc) is 2.98. The summed E-state index contributed by atoms with van der Waals surface area (Å²) < 4.78 is 0. The molecule has 0 saturated heterocycles. The number of thioether (sulfide) groups is 2. The third-order valence-corrected chi connectivity index (χ3v) is 4.81. The van der Waals surface area contributed by atoms with Gasteiger partial charge in [0.15, 0.2) is 5.17 Å². The van der Waals surface area contributed by atoms with Gasteiger partial charge in [0.25, 0.3) is 0 Å². The first-order valence-electron chi connectivity index (χ1n) is 6.40. The molecule has 1 N–H and O–H groups in total. The number of fused-ring (bicyclic) bond motifs is 1. The second-order valence-electron chi connectivity index (χ2n) is 4.38. The zero-order valence-electron chi connectivity index (χ0n) is 10.8. The van der Waals surface area contributed by atoms with E-state index in [2.05, 4.69) is 40.6 Å². The van der Waals surface area contributed by atoms with Crippen molar-refractivity contribution in [1.82, 2.24) is 5.32 Å². The first-order valence-corrected chi connectivity index (χ1v) is 8.37. The van der Waals surface area contributed by atoms with E-state index in [1.54, 1.807) is 23.5 Å². The molecule has 0 radical (unpaired) electrons. The molecule has 3 nitrogen and oxygen atoms in total. The molecular formula is C15H14N2OS2. The maximum absolute atomic E-state index is 11.8. The number of nitrogens with one attached hydrogen (secondary N) is 1. The van der Waals surface area contributed by atoms with Crippen LogP contribution in [-0.4, -0.2) is 29.1 Å². The minimum absolute atomic E-state index is 0.0105. The largest absolute Gasteiger partial charge is 0.305 e. The maximum atomic E-state index is 11.8. The molecule has 0 aromatic heterocycles. The second kappa shape index (κ2) is 6.33. The van der Waals surface area contributed by atoms with Gasteiger partial charge < -0.3 is 5.32 Å². The molecule has 3 rings (SSSR count). The summed E-state index contributed by atoms with van der Waals surface area (Å²) in [5, 5.41) is 6.02. The van der Waals surface area contributed by atoms with Crippen LogP contribution in [0.2, 0.25) is 0 Å². The van der Waals surface area contributed by atoms with Crippen LogP contribution in [0.1, 0.15) is 0 Å². The van der Waals surface area contributed by atoms with E-state index in [0.29, 0.717) is 5.75 Å². The molecule has 0 aliphatic carbocycles. The SMILES string of the molecule is O=C(CSc1ccc2ccccc2c1)NC1=NCCS1. The Balaban J connectivity index is 1.60. The molecule has 0 atom stereocenters. The Morgan fingerprint density at radius 3 is 2.90 bits per heavy atom. The van der Waals surface area contributed by atoms with E-state index in [1.165, 1.54) is 10.8 Å². The summed E-state index contributed by atoms with van der Waals surface area (Å²) in [6, 6.07) is 14.5. The summed E-state index contributed by atoms with van der Waals surface area (Å²) >= 11 is 3.15. The van der Waals surface area contributed by atoms with Crippen molar-refractivity contribution in [3.63, 3.8) is 0 Å². The molecule has 1 amide bonds. The molecule has 0 unspecified atom stereocenters. The molecule has 20 heavy (non-hydrogen) atoms. The van der Waals surface area contributed by atoms with Crippen molar-refractivity contribution < 1.29 is 4.79 Å². The van der Waals surface area contributed by atoms with Gasteiger partial charge in [0.2, 0.25) is 5.91 Å². The minimum atomic E-state index is 0.0105. The number of rotatable bonds is 3. The molecule has 0 bridgehead atoms. The van der Waals surface area contributed by atoms with Gasteiger partial charge in [-0.2, -0.15) is 0 Å². The van der Waals surface area contributed by atoms with Crippen molar-refractivity contribution in [3.05, 3.63) is 42.5 Å².